The summed E-state index contributed by atoms with van der Waals surface area (Å²) in [6.07, 6.45) is 14.7. The van der Waals surface area contributed by atoms with Crippen LogP contribution in [0.4, 0.5) is 0 Å². The Morgan fingerprint density at radius 3 is 2.43 bits per heavy atom. The number of H-pyrrole nitrogens is 1. The van der Waals surface area contributed by atoms with Crippen LogP contribution in [0.25, 0.3) is 0 Å². The summed E-state index contributed by atoms with van der Waals surface area (Å²) in [4.78, 5) is 45.6. The van der Waals surface area contributed by atoms with Gasteiger partial charge in [0.05, 0.1) is 54.3 Å². The van der Waals surface area contributed by atoms with Crippen molar-refractivity contribution < 1.29 is 49.8 Å². The number of carbonyl (C=O) groups excluding carboxylic acids is 3. The second-order valence-electron chi connectivity index (χ2n) is 25.1. The lowest BCUT2D eigenvalue weighted by atomic mass is 9.41. The molecule has 0 radical (unpaired) electrons. The number of aliphatic hydroxyl groups excluding tert-OH is 4. The molecule has 1 aliphatic heterocycles. The van der Waals surface area contributed by atoms with Crippen LogP contribution in [0, 0.1) is 93.7 Å². The van der Waals surface area contributed by atoms with Crippen LogP contribution in [0.15, 0.2) is 41.4 Å². The highest BCUT2D eigenvalue weighted by Gasteiger charge is 2.74. The topological polar surface area (TPSA) is 210 Å². The molecule has 5 saturated carbocycles. The molecule has 0 spiro atoms. The Kier molecular flexibility index (Phi) is 13.5. The molecule has 12 heteroatoms. The molecule has 9 aliphatic rings. The number of cyclic esters (lactones) is 1. The van der Waals surface area contributed by atoms with E-state index in [0.29, 0.717) is 36.7 Å². The van der Waals surface area contributed by atoms with Crippen LogP contribution in [0.3, 0.4) is 0 Å². The monoisotopic (exact) mass is 967 g/mol. The van der Waals surface area contributed by atoms with E-state index in [1.165, 1.54) is 18.9 Å². The number of fused-ring (bicyclic) bond motifs is 10. The first-order valence-corrected chi connectivity index (χ1v) is 27.5. The Balaban J connectivity index is 1.12. The predicted octanol–water partition coefficient (Wildman–Crippen LogP) is 6.68. The van der Waals surface area contributed by atoms with Crippen LogP contribution in [-0.4, -0.2) is 102 Å². The van der Waals surface area contributed by atoms with Crippen LogP contribution in [-0.2, 0) is 19.1 Å². The molecular formula is C58H82N2O10. The average Bonchev–Trinajstić information content (AvgIpc) is 4.05. The van der Waals surface area contributed by atoms with Crippen molar-refractivity contribution in [3.8, 4) is 11.8 Å². The third-order valence-electron chi connectivity index (χ3n) is 21.6. The summed E-state index contributed by atoms with van der Waals surface area (Å²) < 4.78 is 5.92. The Bertz CT molecular complexity index is 2290. The molecule has 8 aliphatic carbocycles. The van der Waals surface area contributed by atoms with Gasteiger partial charge in [-0.15, -0.1) is 5.92 Å². The zero-order valence-electron chi connectivity index (χ0n) is 42.4. The van der Waals surface area contributed by atoms with Gasteiger partial charge in [-0.2, -0.15) is 0 Å². The number of aliphatic hydroxyl groups is 6. The molecule has 0 bridgehead atoms. The van der Waals surface area contributed by atoms with Crippen LogP contribution in [0.1, 0.15) is 155 Å². The van der Waals surface area contributed by atoms with Crippen LogP contribution in [0.5, 0.6) is 0 Å². The quantitative estimate of drug-likeness (QED) is 0.0822. The zero-order chi connectivity index (χ0) is 49.7. The fourth-order valence-corrected chi connectivity index (χ4v) is 18.2. The molecule has 0 aromatic carbocycles. The van der Waals surface area contributed by atoms with Crippen LogP contribution < -0.4 is 5.32 Å². The van der Waals surface area contributed by atoms with Gasteiger partial charge in [-0.3, -0.25) is 14.4 Å². The Labute approximate surface area is 415 Å². The second-order valence-corrected chi connectivity index (χ2v) is 25.1. The lowest BCUT2D eigenvalue weighted by Crippen LogP contribution is -2.67. The first kappa shape index (κ1) is 50.2. The van der Waals surface area contributed by atoms with Crippen molar-refractivity contribution in [1.82, 2.24) is 10.3 Å². The number of esters is 1. The van der Waals surface area contributed by atoms with Crippen molar-refractivity contribution in [2.45, 2.75) is 185 Å². The van der Waals surface area contributed by atoms with E-state index in [0.717, 1.165) is 63.4 Å². The molecule has 10 rings (SSSR count). The number of allylic oxidation sites excluding steroid dienone is 3. The molecule has 20 unspecified atom stereocenters. The van der Waals surface area contributed by atoms with Gasteiger partial charge in [0.1, 0.15) is 6.04 Å². The van der Waals surface area contributed by atoms with E-state index in [1.54, 1.807) is 6.92 Å². The van der Waals surface area contributed by atoms with Crippen molar-refractivity contribution in [2.75, 3.05) is 13.2 Å². The molecular weight excluding hydrogens is 885 g/mol. The van der Waals surface area contributed by atoms with E-state index in [-0.39, 0.29) is 91.0 Å². The molecule has 384 valence electrons. The zero-order valence-corrected chi connectivity index (χ0v) is 42.4. The fourth-order valence-electron chi connectivity index (χ4n) is 18.2. The number of hydrogen-bond acceptors (Lipinski definition) is 11. The van der Waals surface area contributed by atoms with E-state index in [1.807, 2.05) is 25.4 Å². The van der Waals surface area contributed by atoms with Crippen molar-refractivity contribution in [3.63, 3.8) is 0 Å². The van der Waals surface area contributed by atoms with E-state index in [2.05, 4.69) is 42.1 Å². The molecule has 12 nitrogen and oxygen atoms in total. The van der Waals surface area contributed by atoms with Gasteiger partial charge in [0.2, 0.25) is 0 Å². The van der Waals surface area contributed by atoms with Gasteiger partial charge in [0.15, 0.2) is 11.6 Å². The highest BCUT2D eigenvalue weighted by molar-refractivity contribution is 6.01. The Morgan fingerprint density at radius 2 is 1.71 bits per heavy atom. The van der Waals surface area contributed by atoms with Crippen LogP contribution >= 0.6 is 0 Å². The minimum atomic E-state index is -1.74. The standard InChI is InChI=1S/C58H82N2O10/c1-31-14-15-34-16-17-39-32(2)23-48(65)56(5,68)53-36(11-9-10-35(24-41(39)40(34)22-31)42-30-70-54(67)49(42)37-19-21-59-28-37)26-58(69)50-43(18-20-55(53,58)4)57(38-12-7-6-8-13-38)27-47(64)46(63)25-44(57)52(66)51(50)60-45(29-61)33(3)62/h16,19,21,28,31-32,35-36,38-49,53,59-61,63-65,68-69H,6-8,11-15,17-18,20,22-27,29-30H2,1-5H3. The van der Waals surface area contributed by atoms with Crippen molar-refractivity contribution in [1.29, 1.82) is 0 Å². The summed E-state index contributed by atoms with van der Waals surface area (Å²) in [5, 5.41) is 77.2. The number of hydrogen-bond donors (Lipinski definition) is 8. The fraction of sp³-hybridized carbons (Fsp3) is 0.776. The number of ether oxygens (including phenoxy) is 1. The molecule has 0 amide bonds. The third kappa shape index (κ3) is 7.95. The van der Waals surface area contributed by atoms with Gasteiger partial charge >= 0.3 is 5.97 Å². The van der Waals surface area contributed by atoms with Crippen molar-refractivity contribution >= 4 is 17.5 Å². The maximum atomic E-state index is 15.6. The summed E-state index contributed by atoms with van der Waals surface area (Å²) in [6.45, 7) is 9.42. The number of carbonyl (C=O) groups is 3. The number of ketones is 2. The molecule has 8 N–H and O–H groups in total. The second kappa shape index (κ2) is 18.9. The van der Waals surface area contributed by atoms with Gasteiger partial charge in [0.25, 0.3) is 0 Å². The maximum absolute atomic E-state index is 15.6. The van der Waals surface area contributed by atoms with E-state index >= 15 is 4.79 Å². The molecule has 1 aromatic rings. The van der Waals surface area contributed by atoms with Gasteiger partial charge in [-0.1, -0.05) is 57.6 Å². The van der Waals surface area contributed by atoms with Crippen molar-refractivity contribution in [2.24, 2.45) is 81.8 Å². The summed E-state index contributed by atoms with van der Waals surface area (Å²) >= 11 is 0. The first-order valence-electron chi connectivity index (χ1n) is 27.5. The lowest BCUT2D eigenvalue weighted by Gasteiger charge is -2.64. The average molecular weight is 967 g/mol. The minimum absolute atomic E-state index is 0.0110. The van der Waals surface area contributed by atoms with Gasteiger partial charge < -0.3 is 45.7 Å². The SMILES string of the molecule is CC(=O)C(CO)NC1=C2C(CCC3(C)C4C(CC#CC(C5COC(=O)C5c5cc[nH]c5)CC5C6CC(C)CCC6=CCC5C(C)CC(O)C4(C)O)CC23O)C2(C3CCCCC3)CC(O)C(O)CC2C1=O. The highest BCUT2D eigenvalue weighted by Crippen LogP contribution is 2.73. The summed E-state index contributed by atoms with van der Waals surface area (Å²) in [5.74, 6) is 4.96. The van der Waals surface area contributed by atoms with Gasteiger partial charge in [-0.25, -0.2) is 0 Å². The normalized spacial score (nSPS) is 46.9. The van der Waals surface area contributed by atoms with Gasteiger partial charge in [-0.05, 0) is 167 Å². The van der Waals surface area contributed by atoms with E-state index < -0.39 is 82.6 Å². The number of Topliss-reactive ketones (excluding diaryl/α,β-unsaturated/α-hetero) is 2. The van der Waals surface area contributed by atoms with Gasteiger partial charge in [0, 0.05) is 47.9 Å². The predicted molar refractivity (Wildman–Crippen MR) is 263 cm³/mol. The minimum Gasteiger partial charge on any atom is -0.465 e. The largest absolute Gasteiger partial charge is 0.465 e. The molecule has 70 heavy (non-hydrogen) atoms. The number of aromatic amines is 1. The number of aromatic nitrogens is 1. The molecule has 1 saturated heterocycles. The molecule has 6 fully saturated rings. The molecule has 2 heterocycles. The first-order chi connectivity index (χ1) is 33.3. The Morgan fingerprint density at radius 1 is 0.943 bits per heavy atom. The van der Waals surface area contributed by atoms with E-state index in [4.69, 9.17) is 4.74 Å². The smallest absolute Gasteiger partial charge is 0.313 e. The molecule has 1 aromatic heterocycles. The maximum Gasteiger partial charge on any atom is 0.313 e. The van der Waals surface area contributed by atoms with E-state index in [9.17, 15) is 40.2 Å². The number of rotatable bonds is 7. The molecule has 20 atom stereocenters. The highest BCUT2D eigenvalue weighted by atomic mass is 16.5. The number of nitrogens with one attached hydrogen (secondary N) is 2. The summed E-state index contributed by atoms with van der Waals surface area (Å²) in [7, 11) is 0. The summed E-state index contributed by atoms with van der Waals surface area (Å²) in [5.41, 5.74) is -2.27. The lowest BCUT2D eigenvalue weighted by molar-refractivity contribution is -0.192. The third-order valence-corrected chi connectivity index (χ3v) is 21.6. The Hall–Kier alpha value is -3.31. The van der Waals surface area contributed by atoms with Crippen LogP contribution in [0.2, 0.25) is 0 Å². The summed E-state index contributed by atoms with van der Waals surface area (Å²) in [6, 6.07) is 0.838. The van der Waals surface area contributed by atoms with Crippen molar-refractivity contribution in [3.05, 3.63) is 46.9 Å².